The highest BCUT2D eigenvalue weighted by Crippen LogP contribution is 2.54. The number of nitrogens with zero attached hydrogens (tertiary/aromatic N) is 2. The molecule has 7 rings (SSSR count). The Morgan fingerprint density at radius 2 is 1.00 bits per heavy atom. The van der Waals surface area contributed by atoms with E-state index in [9.17, 15) is 0 Å². The number of rotatable bonds is 3. The summed E-state index contributed by atoms with van der Waals surface area (Å²) in [5.41, 5.74) is 10.0. The first-order valence-corrected chi connectivity index (χ1v) is 12.5. The number of para-hydroxylation sites is 5. The molecule has 0 amide bonds. The van der Waals surface area contributed by atoms with Crippen molar-refractivity contribution >= 4 is 62.7 Å². The first-order valence-electron chi connectivity index (χ1n) is 11.6. The van der Waals surface area contributed by atoms with Gasteiger partial charge in [0.05, 0.1) is 22.7 Å². The predicted octanol–water partition coefficient (Wildman–Crippen LogP) is 7.15. The van der Waals surface area contributed by atoms with E-state index in [1.165, 1.54) is 49.9 Å². The molecule has 0 unspecified atom stereocenters. The van der Waals surface area contributed by atoms with Gasteiger partial charge in [0.15, 0.2) is 0 Å². The van der Waals surface area contributed by atoms with Gasteiger partial charge >= 0.3 is 0 Å². The van der Waals surface area contributed by atoms with Crippen LogP contribution in [0.3, 0.4) is 0 Å². The SMILES string of the molecule is c1ccc(SB2c3ccccc3N3c4ccccc4N(c4ccccc4)c4cccc2c43)cc1. The first kappa shape index (κ1) is 19.6. The average Bonchev–Trinajstić information content (AvgIpc) is 2.91. The minimum absolute atomic E-state index is 0.215. The largest absolute Gasteiger partial charge is 0.307 e. The highest BCUT2D eigenvalue weighted by atomic mass is 32.2. The molecule has 0 spiro atoms. The zero-order valence-corrected chi connectivity index (χ0v) is 19.3. The molecule has 5 aromatic carbocycles. The van der Waals surface area contributed by atoms with Crippen LogP contribution in [-0.4, -0.2) is 5.99 Å². The highest BCUT2D eigenvalue weighted by molar-refractivity contribution is 8.28. The van der Waals surface area contributed by atoms with Crippen molar-refractivity contribution in [2.75, 3.05) is 9.80 Å². The maximum Gasteiger partial charge on any atom is 0.285 e. The molecule has 0 aromatic heterocycles. The zero-order valence-electron chi connectivity index (χ0n) is 18.5. The molecule has 4 heteroatoms. The Bertz CT molecular complexity index is 1500. The van der Waals surface area contributed by atoms with Crippen molar-refractivity contribution in [1.82, 2.24) is 0 Å². The summed E-state index contributed by atoms with van der Waals surface area (Å²) in [5, 5.41) is 0. The molecule has 160 valence electrons. The minimum atomic E-state index is 0.215. The number of hydrogen-bond acceptors (Lipinski definition) is 3. The Morgan fingerprint density at radius 1 is 0.441 bits per heavy atom. The molecule has 2 heterocycles. The molecule has 2 aliphatic rings. The Labute approximate surface area is 204 Å². The van der Waals surface area contributed by atoms with Crippen LogP contribution in [0.1, 0.15) is 0 Å². The highest BCUT2D eigenvalue weighted by Gasteiger charge is 2.40. The van der Waals surface area contributed by atoms with Crippen molar-refractivity contribution in [3.8, 4) is 0 Å². The maximum absolute atomic E-state index is 2.47. The predicted molar refractivity (Wildman–Crippen MR) is 147 cm³/mol. The van der Waals surface area contributed by atoms with E-state index in [0.29, 0.717) is 0 Å². The second-order valence-corrected chi connectivity index (χ2v) is 9.76. The van der Waals surface area contributed by atoms with Crippen molar-refractivity contribution in [2.45, 2.75) is 4.90 Å². The lowest BCUT2D eigenvalue weighted by molar-refractivity contribution is 1.18. The number of benzene rings is 5. The molecule has 5 aromatic rings. The fraction of sp³-hybridized carbons (Fsp3) is 0. The summed E-state index contributed by atoms with van der Waals surface area (Å²) >= 11 is 1.93. The van der Waals surface area contributed by atoms with Crippen LogP contribution in [0.15, 0.2) is 132 Å². The van der Waals surface area contributed by atoms with Crippen LogP contribution in [-0.2, 0) is 0 Å². The molecule has 0 radical (unpaired) electrons. The van der Waals surface area contributed by atoms with E-state index in [0.717, 1.165) is 0 Å². The Hall–Kier alpha value is -3.89. The third-order valence-electron chi connectivity index (χ3n) is 6.63. The van der Waals surface area contributed by atoms with Gasteiger partial charge in [-0.2, -0.15) is 11.6 Å². The van der Waals surface area contributed by atoms with Gasteiger partial charge in [0.25, 0.3) is 5.99 Å². The molecule has 34 heavy (non-hydrogen) atoms. The van der Waals surface area contributed by atoms with Gasteiger partial charge in [-0.05, 0) is 64.4 Å². The fourth-order valence-corrected chi connectivity index (χ4v) is 6.45. The third kappa shape index (κ3) is 2.92. The van der Waals surface area contributed by atoms with E-state index in [1.54, 1.807) is 0 Å². The van der Waals surface area contributed by atoms with Crippen LogP contribution in [0.5, 0.6) is 0 Å². The molecule has 0 atom stereocenters. The molecule has 2 aliphatic heterocycles. The zero-order chi connectivity index (χ0) is 22.5. The number of anilines is 6. The van der Waals surface area contributed by atoms with Gasteiger partial charge in [0.2, 0.25) is 0 Å². The second-order valence-electron chi connectivity index (χ2n) is 8.58. The molecule has 0 fully saturated rings. The lowest BCUT2D eigenvalue weighted by Crippen LogP contribution is -2.49. The van der Waals surface area contributed by atoms with Crippen LogP contribution in [0.4, 0.5) is 34.1 Å². The smallest absolute Gasteiger partial charge is 0.285 e. The van der Waals surface area contributed by atoms with Gasteiger partial charge in [-0.25, -0.2) is 0 Å². The van der Waals surface area contributed by atoms with E-state index >= 15 is 0 Å². The summed E-state index contributed by atoms with van der Waals surface area (Å²) in [4.78, 5) is 6.16. The summed E-state index contributed by atoms with van der Waals surface area (Å²) in [7, 11) is 0. The average molecular weight is 452 g/mol. The van der Waals surface area contributed by atoms with Crippen molar-refractivity contribution in [3.05, 3.63) is 127 Å². The van der Waals surface area contributed by atoms with Gasteiger partial charge < -0.3 is 9.80 Å². The lowest BCUT2D eigenvalue weighted by atomic mass is 9.58. The molecule has 0 N–H and O–H groups in total. The van der Waals surface area contributed by atoms with Crippen LogP contribution < -0.4 is 20.7 Å². The van der Waals surface area contributed by atoms with Gasteiger partial charge in [0, 0.05) is 11.4 Å². The van der Waals surface area contributed by atoms with Crippen LogP contribution in [0.2, 0.25) is 0 Å². The van der Waals surface area contributed by atoms with Crippen molar-refractivity contribution < 1.29 is 0 Å². The van der Waals surface area contributed by atoms with Crippen LogP contribution in [0, 0.1) is 0 Å². The Balaban J connectivity index is 1.51. The first-order chi connectivity index (χ1) is 16.9. The quantitative estimate of drug-likeness (QED) is 0.263. The molecule has 0 saturated carbocycles. The van der Waals surface area contributed by atoms with Crippen molar-refractivity contribution in [1.29, 1.82) is 0 Å². The maximum atomic E-state index is 2.47. The van der Waals surface area contributed by atoms with Gasteiger partial charge in [0.1, 0.15) is 0 Å². The van der Waals surface area contributed by atoms with E-state index in [2.05, 4.69) is 137 Å². The second kappa shape index (κ2) is 7.86. The summed E-state index contributed by atoms with van der Waals surface area (Å²) in [6.07, 6.45) is 0. The van der Waals surface area contributed by atoms with Crippen molar-refractivity contribution in [2.24, 2.45) is 0 Å². The number of hydrogen-bond donors (Lipinski definition) is 0. The normalized spacial score (nSPS) is 13.2. The third-order valence-corrected chi connectivity index (χ3v) is 7.92. The summed E-state index contributed by atoms with van der Waals surface area (Å²) in [6, 6.07) is 45.8. The van der Waals surface area contributed by atoms with Crippen LogP contribution in [0.25, 0.3) is 0 Å². The topological polar surface area (TPSA) is 6.48 Å². The molecular formula is C30H21BN2S. The van der Waals surface area contributed by atoms with E-state index in [4.69, 9.17) is 0 Å². The standard InChI is InChI=1S/C30H21BN2S/c1-3-12-22(13-4-1)32-27-19-9-10-20-28(27)33-26-18-8-7-16-24(26)31(34-23-14-5-2-6-15-23)25-17-11-21-29(32)30(25)33/h1-21H. The molecule has 0 aliphatic carbocycles. The molecule has 2 nitrogen and oxygen atoms in total. The van der Waals surface area contributed by atoms with Crippen molar-refractivity contribution in [3.63, 3.8) is 0 Å². The lowest BCUT2D eigenvalue weighted by Gasteiger charge is -2.45. The Kier molecular flexibility index (Phi) is 4.52. The summed E-state index contributed by atoms with van der Waals surface area (Å²) in [6.45, 7) is 0. The monoisotopic (exact) mass is 452 g/mol. The summed E-state index contributed by atoms with van der Waals surface area (Å²) in [5.74, 6) is 0.215. The van der Waals surface area contributed by atoms with Gasteiger partial charge in [-0.15, -0.1) is 0 Å². The van der Waals surface area contributed by atoms with E-state index < -0.39 is 0 Å². The van der Waals surface area contributed by atoms with E-state index in [1.807, 2.05) is 11.6 Å². The fourth-order valence-electron chi connectivity index (χ4n) is 5.22. The molecule has 0 bridgehead atoms. The van der Waals surface area contributed by atoms with Gasteiger partial charge in [-0.3, -0.25) is 0 Å². The molecule has 0 saturated heterocycles. The number of fused-ring (bicyclic) bond motifs is 4. The molecular weight excluding hydrogens is 431 g/mol. The Morgan fingerprint density at radius 3 is 1.76 bits per heavy atom. The van der Waals surface area contributed by atoms with Gasteiger partial charge in [-0.1, -0.05) is 78.9 Å². The van der Waals surface area contributed by atoms with Crippen LogP contribution >= 0.6 is 11.6 Å². The minimum Gasteiger partial charge on any atom is -0.307 e. The summed E-state index contributed by atoms with van der Waals surface area (Å²) < 4.78 is 0. The van der Waals surface area contributed by atoms with E-state index in [-0.39, 0.29) is 5.99 Å².